The Morgan fingerprint density at radius 1 is 1.29 bits per heavy atom. The van der Waals surface area contributed by atoms with E-state index in [0.29, 0.717) is 22.3 Å². The fourth-order valence-corrected chi connectivity index (χ4v) is 4.00. The minimum Gasteiger partial charge on any atom is -0.448 e. The molecule has 11 nitrogen and oxygen atoms in total. The van der Waals surface area contributed by atoms with E-state index in [1.165, 1.54) is 6.26 Å². The van der Waals surface area contributed by atoms with Crippen LogP contribution in [0.5, 0.6) is 0 Å². The predicted octanol–water partition coefficient (Wildman–Crippen LogP) is 3.66. The minimum atomic E-state index is -2.93. The van der Waals surface area contributed by atoms with E-state index in [1.807, 2.05) is 20.0 Å². The number of ether oxygens (including phenoxy) is 1. The van der Waals surface area contributed by atoms with E-state index in [0.717, 1.165) is 11.3 Å². The number of aliphatic hydroxyl groups excluding tert-OH is 1. The second-order valence-corrected chi connectivity index (χ2v) is 9.53. The van der Waals surface area contributed by atoms with Crippen LogP contribution in [-0.4, -0.2) is 60.7 Å². The first-order valence-corrected chi connectivity index (χ1v) is 12.1. The van der Waals surface area contributed by atoms with Gasteiger partial charge in [-0.05, 0) is 44.2 Å². The highest BCUT2D eigenvalue weighted by molar-refractivity contribution is 7.93. The Hall–Kier alpha value is -3.51. The molecule has 3 aromatic rings. The third-order valence-corrected chi connectivity index (χ3v) is 6.25. The SMILES string of the molecule is C.CCOC(=O)N=S(C)(=O)c1ccc(Nc2ncc(-c3ccnn3C)c(N[C@H](C)CO)n2)cc1. The lowest BCUT2D eigenvalue weighted by Gasteiger charge is -2.16. The Morgan fingerprint density at radius 2 is 2.00 bits per heavy atom. The molecule has 2 atom stereocenters. The lowest BCUT2D eigenvalue weighted by atomic mass is 10.2. The predicted molar refractivity (Wildman–Crippen MR) is 133 cm³/mol. The van der Waals surface area contributed by atoms with Gasteiger partial charge in [0.15, 0.2) is 0 Å². The zero-order valence-corrected chi connectivity index (χ0v) is 19.7. The zero-order valence-electron chi connectivity index (χ0n) is 18.8. The van der Waals surface area contributed by atoms with E-state index in [1.54, 1.807) is 48.3 Å². The maximum atomic E-state index is 12.7. The highest BCUT2D eigenvalue weighted by Gasteiger charge is 2.15. The van der Waals surface area contributed by atoms with Crippen molar-refractivity contribution in [1.82, 2.24) is 19.7 Å². The van der Waals surface area contributed by atoms with Crippen molar-refractivity contribution in [3.05, 3.63) is 42.7 Å². The number of aromatic nitrogens is 4. The van der Waals surface area contributed by atoms with Crippen molar-refractivity contribution in [2.45, 2.75) is 32.2 Å². The number of amides is 1. The molecular weight excluding hydrogens is 458 g/mol. The van der Waals surface area contributed by atoms with Crippen LogP contribution in [0.2, 0.25) is 0 Å². The second-order valence-electron chi connectivity index (χ2n) is 7.27. The number of hydrogen-bond donors (Lipinski definition) is 3. The molecule has 0 aliphatic heterocycles. The third kappa shape index (κ3) is 6.51. The fraction of sp³-hybridized carbons (Fsp3) is 0.364. The van der Waals surface area contributed by atoms with Gasteiger partial charge < -0.3 is 20.5 Å². The first-order chi connectivity index (χ1) is 15.7. The van der Waals surface area contributed by atoms with Gasteiger partial charge >= 0.3 is 6.09 Å². The molecule has 2 aromatic heterocycles. The average Bonchev–Trinajstić information content (AvgIpc) is 3.19. The van der Waals surface area contributed by atoms with Gasteiger partial charge in [0.1, 0.15) is 5.82 Å². The van der Waals surface area contributed by atoms with Gasteiger partial charge in [0.2, 0.25) is 5.95 Å². The van der Waals surface area contributed by atoms with E-state index < -0.39 is 15.8 Å². The van der Waals surface area contributed by atoms with E-state index in [4.69, 9.17) is 4.74 Å². The number of anilines is 3. The number of rotatable bonds is 8. The van der Waals surface area contributed by atoms with Gasteiger partial charge in [-0.1, -0.05) is 7.43 Å². The van der Waals surface area contributed by atoms with Crippen molar-refractivity contribution in [2.24, 2.45) is 11.4 Å². The number of benzene rings is 1. The molecule has 0 spiro atoms. The maximum absolute atomic E-state index is 12.7. The topological polar surface area (TPSA) is 144 Å². The molecule has 184 valence electrons. The Morgan fingerprint density at radius 3 is 2.59 bits per heavy atom. The number of aliphatic hydroxyl groups is 1. The zero-order chi connectivity index (χ0) is 24.0. The van der Waals surface area contributed by atoms with Gasteiger partial charge in [-0.25, -0.2) is 14.0 Å². The molecule has 1 unspecified atom stereocenters. The summed E-state index contributed by atoms with van der Waals surface area (Å²) in [5, 5.41) is 19.9. The monoisotopic (exact) mass is 489 g/mol. The van der Waals surface area contributed by atoms with Crippen LogP contribution < -0.4 is 10.6 Å². The van der Waals surface area contributed by atoms with Crippen molar-refractivity contribution in [3.8, 4) is 11.3 Å². The Labute approximate surface area is 199 Å². The van der Waals surface area contributed by atoms with Crippen molar-refractivity contribution in [1.29, 1.82) is 0 Å². The molecule has 3 N–H and O–H groups in total. The Balaban J connectivity index is 0.00000408. The fourth-order valence-electron chi connectivity index (χ4n) is 2.92. The Bertz CT molecular complexity index is 1230. The molecule has 0 aliphatic rings. The third-order valence-electron chi connectivity index (χ3n) is 4.61. The number of nitrogens with zero attached hydrogens (tertiary/aromatic N) is 5. The first kappa shape index (κ1) is 26.7. The molecule has 0 radical (unpaired) electrons. The summed E-state index contributed by atoms with van der Waals surface area (Å²) in [6.45, 7) is 3.59. The highest BCUT2D eigenvalue weighted by atomic mass is 32.2. The van der Waals surface area contributed by atoms with Crippen LogP contribution in [0.4, 0.5) is 22.2 Å². The molecule has 1 amide bonds. The molecule has 1 aromatic carbocycles. The normalized spacial score (nSPS) is 13.2. The van der Waals surface area contributed by atoms with Gasteiger partial charge in [0, 0.05) is 42.3 Å². The Kier molecular flexibility index (Phi) is 9.10. The van der Waals surface area contributed by atoms with Gasteiger partial charge in [-0.2, -0.15) is 10.1 Å². The quantitative estimate of drug-likeness (QED) is 0.432. The smallest absolute Gasteiger partial charge is 0.442 e. The number of aryl methyl sites for hydroxylation is 1. The number of hydrogen-bond acceptors (Lipinski definition) is 9. The highest BCUT2D eigenvalue weighted by Crippen LogP contribution is 2.27. The van der Waals surface area contributed by atoms with E-state index in [9.17, 15) is 14.1 Å². The molecule has 0 saturated carbocycles. The van der Waals surface area contributed by atoms with E-state index in [-0.39, 0.29) is 26.7 Å². The standard InChI is InChI=1S/C21H27N7O4S.CH4/c1-5-32-21(30)27-33(4,31)16-8-6-15(7-9-16)25-20-22-12-17(18-10-11-23-28(18)3)19(26-20)24-14(2)13-29;/h6-12,14,29H,5,13H2,1-4H3,(H2,22,24,25,26);1H4/t14-,33?;/m1./s1. The van der Waals surface area contributed by atoms with Crippen LogP contribution in [0.1, 0.15) is 21.3 Å². The lowest BCUT2D eigenvalue weighted by Crippen LogP contribution is -2.21. The first-order valence-electron chi connectivity index (χ1n) is 10.2. The number of nitrogens with one attached hydrogen (secondary N) is 2. The molecule has 2 heterocycles. The summed E-state index contributed by atoms with van der Waals surface area (Å²) in [7, 11) is -1.11. The van der Waals surface area contributed by atoms with Gasteiger partial charge in [-0.15, -0.1) is 4.36 Å². The van der Waals surface area contributed by atoms with Gasteiger partial charge in [0.05, 0.1) is 34.2 Å². The molecule has 0 aliphatic carbocycles. The minimum absolute atomic E-state index is 0. The van der Waals surface area contributed by atoms with Gasteiger partial charge in [0.25, 0.3) is 0 Å². The summed E-state index contributed by atoms with van der Waals surface area (Å²) in [5.41, 5.74) is 2.21. The summed E-state index contributed by atoms with van der Waals surface area (Å²) in [4.78, 5) is 20.9. The molecule has 0 bridgehead atoms. The maximum Gasteiger partial charge on any atom is 0.442 e. The van der Waals surface area contributed by atoms with Crippen molar-refractivity contribution < 1.29 is 18.8 Å². The number of carbonyl (C=O) groups is 1. The van der Waals surface area contributed by atoms with Crippen LogP contribution in [-0.2, 0) is 21.5 Å². The van der Waals surface area contributed by atoms with Crippen LogP contribution in [0, 0.1) is 0 Å². The molecule has 34 heavy (non-hydrogen) atoms. The van der Waals surface area contributed by atoms with Crippen LogP contribution in [0.25, 0.3) is 11.3 Å². The van der Waals surface area contributed by atoms with Crippen molar-refractivity contribution in [3.63, 3.8) is 0 Å². The molecule has 12 heteroatoms. The second kappa shape index (κ2) is 11.6. The summed E-state index contributed by atoms with van der Waals surface area (Å²) >= 11 is 0. The van der Waals surface area contributed by atoms with Crippen LogP contribution >= 0.6 is 0 Å². The van der Waals surface area contributed by atoms with E-state index >= 15 is 0 Å². The lowest BCUT2D eigenvalue weighted by molar-refractivity contribution is 0.164. The number of carbonyl (C=O) groups excluding carboxylic acids is 1. The van der Waals surface area contributed by atoms with Gasteiger partial charge in [-0.3, -0.25) is 4.68 Å². The summed E-state index contributed by atoms with van der Waals surface area (Å²) < 4.78 is 22.9. The van der Waals surface area contributed by atoms with Crippen LogP contribution in [0.3, 0.4) is 0 Å². The molecule has 0 saturated heterocycles. The summed E-state index contributed by atoms with van der Waals surface area (Å²) in [6, 6.07) is 8.25. The van der Waals surface area contributed by atoms with Crippen LogP contribution in [0.15, 0.2) is 52.0 Å². The van der Waals surface area contributed by atoms with Crippen molar-refractivity contribution in [2.75, 3.05) is 30.1 Å². The molecular formula is C22H31N7O4S. The summed E-state index contributed by atoms with van der Waals surface area (Å²) in [6.07, 6.45) is 3.88. The average molecular weight is 490 g/mol. The van der Waals surface area contributed by atoms with Crippen molar-refractivity contribution >= 4 is 33.3 Å². The largest absolute Gasteiger partial charge is 0.448 e. The summed E-state index contributed by atoms with van der Waals surface area (Å²) in [5.74, 6) is 0.869. The molecule has 0 fully saturated rings. The molecule has 3 rings (SSSR count). The van der Waals surface area contributed by atoms with E-state index in [2.05, 4.69) is 30.1 Å².